The Morgan fingerprint density at radius 1 is 1.04 bits per heavy atom. The maximum Gasteiger partial charge on any atom is 0.331 e. The number of carbonyl (C=O) groups is 1. The topological polar surface area (TPSA) is 64.3 Å². The highest BCUT2D eigenvalue weighted by Crippen LogP contribution is 2.43. The largest absolute Gasteiger partial charge is 0.337 e. The zero-order chi connectivity index (χ0) is 18.5. The van der Waals surface area contributed by atoms with Crippen molar-refractivity contribution in [2.75, 3.05) is 13.1 Å². The van der Waals surface area contributed by atoms with Crippen molar-refractivity contribution in [1.82, 2.24) is 14.0 Å². The number of piperidine rings is 1. The molecule has 26 heavy (non-hydrogen) atoms. The third kappa shape index (κ3) is 2.36. The lowest BCUT2D eigenvalue weighted by atomic mass is 9.74. The van der Waals surface area contributed by atoms with E-state index in [-0.39, 0.29) is 17.0 Å². The predicted molar refractivity (Wildman–Crippen MR) is 99.2 cm³/mol. The van der Waals surface area contributed by atoms with Gasteiger partial charge in [-0.2, -0.15) is 0 Å². The highest BCUT2D eigenvalue weighted by molar-refractivity contribution is 5.92. The van der Waals surface area contributed by atoms with Crippen molar-refractivity contribution in [3.63, 3.8) is 0 Å². The molecule has 1 aliphatic heterocycles. The maximum atomic E-state index is 12.9. The van der Waals surface area contributed by atoms with Crippen LogP contribution in [0.25, 0.3) is 6.08 Å². The Labute approximate surface area is 151 Å². The molecule has 1 aromatic carbocycles. The van der Waals surface area contributed by atoms with Gasteiger partial charge >= 0.3 is 5.69 Å². The third-order valence-corrected chi connectivity index (χ3v) is 5.77. The number of carbonyl (C=O) groups excluding carboxylic acids is 1. The van der Waals surface area contributed by atoms with Gasteiger partial charge in [-0.15, -0.1) is 0 Å². The zero-order valence-corrected chi connectivity index (χ0v) is 14.9. The van der Waals surface area contributed by atoms with E-state index in [2.05, 4.69) is 30.4 Å². The fourth-order valence-corrected chi connectivity index (χ4v) is 4.08. The van der Waals surface area contributed by atoms with Crippen LogP contribution in [0.15, 0.2) is 46.0 Å². The molecule has 1 spiro atoms. The molecule has 2 aliphatic rings. The Bertz CT molecular complexity index is 1040. The minimum atomic E-state index is -0.484. The maximum absolute atomic E-state index is 12.9. The molecule has 2 aromatic rings. The lowest BCUT2D eigenvalue weighted by Crippen LogP contribution is -2.47. The monoisotopic (exact) mass is 351 g/mol. The van der Waals surface area contributed by atoms with E-state index in [0.29, 0.717) is 13.1 Å². The number of hydrogen-bond acceptors (Lipinski definition) is 3. The Morgan fingerprint density at radius 2 is 1.73 bits per heavy atom. The van der Waals surface area contributed by atoms with E-state index in [0.717, 1.165) is 17.4 Å². The van der Waals surface area contributed by atoms with Gasteiger partial charge in [-0.25, -0.2) is 4.79 Å². The quantitative estimate of drug-likeness (QED) is 0.778. The molecule has 1 aliphatic carbocycles. The summed E-state index contributed by atoms with van der Waals surface area (Å²) in [6.07, 6.45) is 6.10. The zero-order valence-electron chi connectivity index (χ0n) is 14.9. The van der Waals surface area contributed by atoms with Crippen LogP contribution in [0.1, 0.15) is 34.5 Å². The summed E-state index contributed by atoms with van der Waals surface area (Å²) >= 11 is 0. The second-order valence-corrected chi connectivity index (χ2v) is 7.14. The van der Waals surface area contributed by atoms with Gasteiger partial charge in [0.25, 0.3) is 11.5 Å². The molecule has 6 heteroatoms. The smallest absolute Gasteiger partial charge is 0.331 e. The molecule has 0 bridgehead atoms. The van der Waals surface area contributed by atoms with Crippen LogP contribution in [0.3, 0.4) is 0 Å². The van der Waals surface area contributed by atoms with E-state index in [1.807, 2.05) is 6.07 Å². The van der Waals surface area contributed by atoms with E-state index >= 15 is 0 Å². The predicted octanol–water partition coefficient (Wildman–Crippen LogP) is 1.28. The Hall–Kier alpha value is -2.89. The highest BCUT2D eigenvalue weighted by atomic mass is 16.2. The molecular weight excluding hydrogens is 330 g/mol. The molecular formula is C20H21N3O3. The number of likely N-dealkylation sites (tertiary alicyclic amines) is 1. The number of fused-ring (bicyclic) bond motifs is 2. The van der Waals surface area contributed by atoms with Gasteiger partial charge in [0.05, 0.1) is 0 Å². The standard InChI is InChI=1S/C20H21N3O3/c1-21-16(13-17(24)22(2)19(21)26)18(25)23-11-9-20(10-12-23)8-7-14-5-3-4-6-15(14)20/h3-8,13H,9-12H2,1-2H3. The van der Waals surface area contributed by atoms with Gasteiger partial charge in [-0.3, -0.25) is 18.7 Å². The number of amides is 1. The molecule has 0 unspecified atom stereocenters. The average Bonchev–Trinajstić information content (AvgIpc) is 3.02. The first-order chi connectivity index (χ1) is 12.4. The number of aromatic nitrogens is 2. The number of hydrogen-bond donors (Lipinski definition) is 0. The Morgan fingerprint density at radius 3 is 2.46 bits per heavy atom. The second-order valence-electron chi connectivity index (χ2n) is 7.14. The molecule has 0 N–H and O–H groups in total. The molecule has 0 saturated carbocycles. The van der Waals surface area contributed by atoms with Gasteiger partial charge in [0, 0.05) is 38.7 Å². The number of nitrogens with zero attached hydrogens (tertiary/aromatic N) is 3. The van der Waals surface area contributed by atoms with Gasteiger partial charge in [-0.1, -0.05) is 36.4 Å². The molecule has 0 radical (unpaired) electrons. The fraction of sp³-hybridized carbons (Fsp3) is 0.350. The summed E-state index contributed by atoms with van der Waals surface area (Å²) in [6.45, 7) is 1.20. The Balaban J connectivity index is 1.58. The van der Waals surface area contributed by atoms with Crippen LogP contribution < -0.4 is 11.2 Å². The minimum Gasteiger partial charge on any atom is -0.337 e. The molecule has 4 rings (SSSR count). The van der Waals surface area contributed by atoms with Crippen molar-refractivity contribution in [2.24, 2.45) is 14.1 Å². The van der Waals surface area contributed by atoms with Crippen molar-refractivity contribution in [3.05, 3.63) is 74.1 Å². The lowest BCUT2D eigenvalue weighted by molar-refractivity contribution is 0.0678. The van der Waals surface area contributed by atoms with Gasteiger partial charge in [-0.05, 0) is 24.0 Å². The van der Waals surface area contributed by atoms with Crippen LogP contribution in [0.5, 0.6) is 0 Å². The van der Waals surface area contributed by atoms with E-state index in [9.17, 15) is 14.4 Å². The molecule has 134 valence electrons. The van der Waals surface area contributed by atoms with Crippen LogP contribution >= 0.6 is 0 Å². The van der Waals surface area contributed by atoms with E-state index in [1.165, 1.54) is 35.9 Å². The molecule has 0 atom stereocenters. The molecule has 1 amide bonds. The summed E-state index contributed by atoms with van der Waals surface area (Å²) in [5, 5.41) is 0. The van der Waals surface area contributed by atoms with E-state index < -0.39 is 11.2 Å². The summed E-state index contributed by atoms with van der Waals surface area (Å²) in [4.78, 5) is 38.6. The summed E-state index contributed by atoms with van der Waals surface area (Å²) in [5.41, 5.74) is 1.77. The highest BCUT2D eigenvalue weighted by Gasteiger charge is 2.39. The first-order valence-corrected chi connectivity index (χ1v) is 8.78. The van der Waals surface area contributed by atoms with Crippen molar-refractivity contribution < 1.29 is 4.79 Å². The van der Waals surface area contributed by atoms with E-state index in [4.69, 9.17) is 0 Å². The van der Waals surface area contributed by atoms with Crippen LogP contribution in [0.2, 0.25) is 0 Å². The van der Waals surface area contributed by atoms with Crippen LogP contribution in [-0.4, -0.2) is 33.0 Å². The van der Waals surface area contributed by atoms with Crippen LogP contribution in [0.4, 0.5) is 0 Å². The van der Waals surface area contributed by atoms with E-state index in [1.54, 1.807) is 4.90 Å². The number of rotatable bonds is 1. The van der Waals surface area contributed by atoms with Crippen molar-refractivity contribution in [1.29, 1.82) is 0 Å². The van der Waals surface area contributed by atoms with Crippen molar-refractivity contribution in [3.8, 4) is 0 Å². The minimum absolute atomic E-state index is 0.00786. The molecule has 1 fully saturated rings. The average molecular weight is 351 g/mol. The molecule has 2 heterocycles. The lowest BCUT2D eigenvalue weighted by Gasteiger charge is -2.39. The van der Waals surface area contributed by atoms with Crippen molar-refractivity contribution >= 4 is 12.0 Å². The van der Waals surface area contributed by atoms with Gasteiger partial charge in [0.15, 0.2) is 0 Å². The summed E-state index contributed by atoms with van der Waals surface area (Å²) in [7, 11) is 2.93. The van der Waals surface area contributed by atoms with Crippen LogP contribution in [0, 0.1) is 0 Å². The third-order valence-electron chi connectivity index (χ3n) is 5.77. The molecule has 1 aromatic heterocycles. The van der Waals surface area contributed by atoms with Gasteiger partial charge < -0.3 is 4.90 Å². The first-order valence-electron chi connectivity index (χ1n) is 8.78. The Kier molecular flexibility index (Phi) is 3.72. The number of benzene rings is 1. The van der Waals surface area contributed by atoms with Crippen LogP contribution in [-0.2, 0) is 19.5 Å². The first kappa shape index (κ1) is 16.6. The SMILES string of the molecule is Cn1c(C(=O)N2CCC3(C=Cc4ccccc43)CC2)cc(=O)n(C)c1=O. The summed E-state index contributed by atoms with van der Waals surface area (Å²) < 4.78 is 2.25. The normalized spacial score (nSPS) is 17.5. The summed E-state index contributed by atoms with van der Waals surface area (Å²) in [5.74, 6) is -0.257. The summed E-state index contributed by atoms with van der Waals surface area (Å²) in [6, 6.07) is 9.63. The molecule has 6 nitrogen and oxygen atoms in total. The van der Waals surface area contributed by atoms with Gasteiger partial charge in [0.2, 0.25) is 0 Å². The second kappa shape index (κ2) is 5.83. The number of allylic oxidation sites excluding steroid dienone is 1. The fourth-order valence-electron chi connectivity index (χ4n) is 4.08. The van der Waals surface area contributed by atoms with Crippen molar-refractivity contribution in [2.45, 2.75) is 18.3 Å². The van der Waals surface area contributed by atoms with Gasteiger partial charge in [0.1, 0.15) is 5.69 Å². The molecule has 1 saturated heterocycles.